The molecule has 0 spiro atoms. The van der Waals surface area contributed by atoms with Gasteiger partial charge in [0.25, 0.3) is 0 Å². The number of phenols is 1. The lowest BCUT2D eigenvalue weighted by atomic mass is 9.87. The first kappa shape index (κ1) is 14.4. The van der Waals surface area contributed by atoms with Crippen LogP contribution in [0.2, 0.25) is 0 Å². The van der Waals surface area contributed by atoms with Crippen LogP contribution in [-0.2, 0) is 4.74 Å². The zero-order valence-electron chi connectivity index (χ0n) is 13.3. The maximum Gasteiger partial charge on any atom is 0.514 e. The average Bonchev–Trinajstić information content (AvgIpc) is 3.12. The summed E-state index contributed by atoms with van der Waals surface area (Å²) in [7, 11) is 0. The van der Waals surface area contributed by atoms with Gasteiger partial charge in [0.2, 0.25) is 0 Å². The SMILES string of the molecule is CC(C)OC(=O)Oc1c2c(c(O)c3ccccc13)C1CCC2C1. The molecular weight excluding hydrogens is 292 g/mol. The molecule has 2 aromatic rings. The highest BCUT2D eigenvalue weighted by atomic mass is 16.7. The number of carbonyl (C=O) groups excluding carboxylic acids is 1. The van der Waals surface area contributed by atoms with Crippen LogP contribution in [0.4, 0.5) is 4.79 Å². The first-order chi connectivity index (χ1) is 11.1. The maximum absolute atomic E-state index is 12.1. The van der Waals surface area contributed by atoms with Crippen molar-refractivity contribution in [3.8, 4) is 11.5 Å². The van der Waals surface area contributed by atoms with Gasteiger partial charge < -0.3 is 14.6 Å². The summed E-state index contributed by atoms with van der Waals surface area (Å²) in [6.07, 6.45) is 2.32. The molecule has 2 atom stereocenters. The summed E-state index contributed by atoms with van der Waals surface area (Å²) in [6, 6.07) is 7.54. The van der Waals surface area contributed by atoms with Crippen molar-refractivity contribution in [1.82, 2.24) is 0 Å². The summed E-state index contributed by atoms with van der Waals surface area (Å²) in [5.41, 5.74) is 1.99. The highest BCUT2D eigenvalue weighted by Crippen LogP contribution is 2.60. The molecule has 2 unspecified atom stereocenters. The fourth-order valence-electron chi connectivity index (χ4n) is 4.16. The van der Waals surface area contributed by atoms with E-state index in [2.05, 4.69) is 0 Å². The molecule has 0 aromatic heterocycles. The maximum atomic E-state index is 12.1. The van der Waals surface area contributed by atoms with Gasteiger partial charge in [-0.2, -0.15) is 0 Å². The Balaban J connectivity index is 1.90. The van der Waals surface area contributed by atoms with E-state index < -0.39 is 6.16 Å². The molecule has 1 saturated carbocycles. The van der Waals surface area contributed by atoms with Crippen LogP contribution in [0.3, 0.4) is 0 Å². The topological polar surface area (TPSA) is 55.8 Å². The summed E-state index contributed by atoms with van der Waals surface area (Å²) in [5, 5.41) is 12.2. The molecule has 0 amide bonds. The average molecular weight is 312 g/mol. The Bertz CT molecular complexity index is 794. The fourth-order valence-corrected chi connectivity index (χ4v) is 4.16. The van der Waals surface area contributed by atoms with E-state index in [0.29, 0.717) is 23.3 Å². The van der Waals surface area contributed by atoms with E-state index in [1.807, 2.05) is 24.3 Å². The Morgan fingerprint density at radius 3 is 2.48 bits per heavy atom. The smallest absolute Gasteiger partial charge is 0.507 e. The van der Waals surface area contributed by atoms with Gasteiger partial charge in [-0.3, -0.25) is 0 Å². The Morgan fingerprint density at radius 2 is 1.78 bits per heavy atom. The number of fused-ring (bicyclic) bond motifs is 6. The van der Waals surface area contributed by atoms with Crippen LogP contribution >= 0.6 is 0 Å². The van der Waals surface area contributed by atoms with E-state index in [0.717, 1.165) is 41.2 Å². The van der Waals surface area contributed by atoms with Crippen LogP contribution in [0.25, 0.3) is 10.8 Å². The summed E-state index contributed by atoms with van der Waals surface area (Å²) in [4.78, 5) is 12.1. The highest BCUT2D eigenvalue weighted by Gasteiger charge is 2.42. The molecule has 4 rings (SSSR count). The summed E-state index contributed by atoms with van der Waals surface area (Å²) in [5.74, 6) is 1.68. The number of phenolic OH excluding ortho intramolecular Hbond substituents is 1. The minimum atomic E-state index is -0.680. The highest BCUT2D eigenvalue weighted by molar-refractivity contribution is 5.97. The summed E-state index contributed by atoms with van der Waals surface area (Å²) >= 11 is 0. The lowest BCUT2D eigenvalue weighted by Gasteiger charge is -2.22. The molecule has 0 aliphatic heterocycles. The van der Waals surface area contributed by atoms with Crippen LogP contribution in [0.15, 0.2) is 24.3 Å². The van der Waals surface area contributed by atoms with Crippen molar-refractivity contribution in [3.05, 3.63) is 35.4 Å². The van der Waals surface area contributed by atoms with E-state index in [9.17, 15) is 9.90 Å². The van der Waals surface area contributed by atoms with Crippen molar-refractivity contribution in [1.29, 1.82) is 0 Å². The standard InChI is InChI=1S/C19H20O4/c1-10(2)22-19(21)23-18-14-6-4-3-5-13(14)17(20)15-11-7-8-12(9-11)16(15)18/h3-6,10-12,20H,7-9H2,1-2H3. The molecule has 0 saturated heterocycles. The molecule has 2 aromatic carbocycles. The molecule has 4 heteroatoms. The van der Waals surface area contributed by atoms with Crippen molar-refractivity contribution in [2.24, 2.45) is 0 Å². The number of aromatic hydroxyl groups is 1. The van der Waals surface area contributed by atoms with E-state index in [4.69, 9.17) is 9.47 Å². The van der Waals surface area contributed by atoms with Crippen molar-refractivity contribution in [3.63, 3.8) is 0 Å². The first-order valence-corrected chi connectivity index (χ1v) is 8.22. The third-order valence-electron chi connectivity index (χ3n) is 4.98. The molecule has 1 fully saturated rings. The number of hydrogen-bond acceptors (Lipinski definition) is 4. The van der Waals surface area contributed by atoms with Gasteiger partial charge in [-0.1, -0.05) is 24.3 Å². The van der Waals surface area contributed by atoms with Gasteiger partial charge in [0.05, 0.1) is 6.10 Å². The monoisotopic (exact) mass is 312 g/mol. The zero-order valence-corrected chi connectivity index (χ0v) is 13.3. The van der Waals surface area contributed by atoms with Crippen LogP contribution in [-0.4, -0.2) is 17.4 Å². The third-order valence-corrected chi connectivity index (χ3v) is 4.98. The molecule has 0 radical (unpaired) electrons. The van der Waals surface area contributed by atoms with Crippen molar-refractivity contribution >= 4 is 16.9 Å². The van der Waals surface area contributed by atoms with Crippen molar-refractivity contribution in [2.75, 3.05) is 0 Å². The summed E-state index contributed by atoms with van der Waals surface area (Å²) in [6.45, 7) is 3.59. The molecule has 4 nitrogen and oxygen atoms in total. The van der Waals surface area contributed by atoms with Crippen molar-refractivity contribution < 1.29 is 19.4 Å². The summed E-state index contributed by atoms with van der Waals surface area (Å²) < 4.78 is 10.8. The van der Waals surface area contributed by atoms with E-state index in [1.54, 1.807) is 13.8 Å². The Hall–Kier alpha value is -2.23. The van der Waals surface area contributed by atoms with E-state index in [1.165, 1.54) is 0 Å². The normalized spacial score (nSPS) is 21.7. The molecule has 2 aliphatic rings. The number of rotatable bonds is 2. The minimum absolute atomic E-state index is 0.227. The zero-order chi connectivity index (χ0) is 16.1. The fraction of sp³-hybridized carbons (Fsp3) is 0.421. The second-order valence-electron chi connectivity index (χ2n) is 6.78. The molecule has 2 bridgehead atoms. The van der Waals surface area contributed by atoms with Gasteiger partial charge >= 0.3 is 6.16 Å². The van der Waals surface area contributed by atoms with Crippen LogP contribution in [0.1, 0.15) is 56.1 Å². The van der Waals surface area contributed by atoms with Gasteiger partial charge in [-0.15, -0.1) is 0 Å². The Labute approximate surface area is 135 Å². The second kappa shape index (κ2) is 5.15. The number of carbonyl (C=O) groups is 1. The first-order valence-electron chi connectivity index (χ1n) is 8.22. The third kappa shape index (κ3) is 2.16. The lowest BCUT2D eigenvalue weighted by Crippen LogP contribution is -2.17. The van der Waals surface area contributed by atoms with Gasteiger partial charge in [-0.05, 0) is 44.9 Å². The molecule has 120 valence electrons. The quantitative estimate of drug-likeness (QED) is 0.637. The second-order valence-corrected chi connectivity index (χ2v) is 6.78. The Morgan fingerprint density at radius 1 is 1.13 bits per heavy atom. The molecule has 0 heterocycles. The number of ether oxygens (including phenoxy) is 2. The largest absolute Gasteiger partial charge is 0.514 e. The van der Waals surface area contributed by atoms with Crippen molar-refractivity contribution in [2.45, 2.75) is 51.0 Å². The lowest BCUT2D eigenvalue weighted by molar-refractivity contribution is 0.0729. The minimum Gasteiger partial charge on any atom is -0.507 e. The molecule has 2 aliphatic carbocycles. The molecular formula is C19H20O4. The van der Waals surface area contributed by atoms with Gasteiger partial charge in [0.15, 0.2) is 0 Å². The van der Waals surface area contributed by atoms with Crippen LogP contribution in [0.5, 0.6) is 11.5 Å². The van der Waals surface area contributed by atoms with Gasteiger partial charge in [0.1, 0.15) is 11.5 Å². The molecule has 23 heavy (non-hydrogen) atoms. The number of hydrogen-bond donors (Lipinski definition) is 1. The van der Waals surface area contributed by atoms with E-state index in [-0.39, 0.29) is 6.10 Å². The van der Waals surface area contributed by atoms with Gasteiger partial charge in [-0.25, -0.2) is 4.79 Å². The molecule has 1 N–H and O–H groups in total. The Kier molecular flexibility index (Phi) is 3.22. The van der Waals surface area contributed by atoms with Crippen LogP contribution in [0, 0.1) is 0 Å². The predicted molar refractivity (Wildman–Crippen MR) is 87.2 cm³/mol. The number of benzene rings is 2. The van der Waals surface area contributed by atoms with Crippen LogP contribution < -0.4 is 4.74 Å². The van der Waals surface area contributed by atoms with E-state index >= 15 is 0 Å². The van der Waals surface area contributed by atoms with Gasteiger partial charge in [0, 0.05) is 21.9 Å². The predicted octanol–water partition coefficient (Wildman–Crippen LogP) is 4.83.